The van der Waals surface area contributed by atoms with Crippen LogP contribution in [-0.2, 0) is 14.2 Å². The lowest BCUT2D eigenvalue weighted by Gasteiger charge is -2.20. The summed E-state index contributed by atoms with van der Waals surface area (Å²) >= 11 is 0. The second kappa shape index (κ2) is 14.1. The summed E-state index contributed by atoms with van der Waals surface area (Å²) < 4.78 is 17.7. The molecule has 1 rings (SSSR count). The van der Waals surface area contributed by atoms with Crippen LogP contribution in [0.5, 0.6) is 0 Å². The smallest absolute Gasteiger partial charge is 0.163 e. The molecule has 1 fully saturated rings. The van der Waals surface area contributed by atoms with Gasteiger partial charge in [0.05, 0.1) is 12.7 Å². The number of unbranched alkanes of at least 4 members (excludes halogenated alkanes) is 6. The van der Waals surface area contributed by atoms with Gasteiger partial charge >= 0.3 is 0 Å². The number of aliphatic hydroxyl groups is 1. The third kappa shape index (κ3) is 8.28. The van der Waals surface area contributed by atoms with Gasteiger partial charge in [-0.05, 0) is 19.3 Å². The summed E-state index contributed by atoms with van der Waals surface area (Å²) in [7, 11) is 0. The van der Waals surface area contributed by atoms with Crippen molar-refractivity contribution in [2.75, 3.05) is 19.8 Å². The van der Waals surface area contributed by atoms with Gasteiger partial charge in [0.1, 0.15) is 6.10 Å². The quantitative estimate of drug-likeness (QED) is 0.438. The average molecular weight is 345 g/mol. The first kappa shape index (κ1) is 21.9. The monoisotopic (exact) mass is 344 g/mol. The molecule has 144 valence electrons. The molecule has 4 heteroatoms. The molecule has 4 nitrogen and oxygen atoms in total. The van der Waals surface area contributed by atoms with E-state index < -0.39 is 6.10 Å². The van der Waals surface area contributed by atoms with Crippen molar-refractivity contribution < 1.29 is 19.3 Å². The highest BCUT2D eigenvalue weighted by atomic mass is 16.7. The minimum Gasteiger partial charge on any atom is -0.390 e. The molecule has 1 heterocycles. The molecule has 1 N–H and O–H groups in total. The number of ether oxygens (including phenoxy) is 3. The molecule has 24 heavy (non-hydrogen) atoms. The molecule has 0 aliphatic carbocycles. The molecule has 0 amide bonds. The lowest BCUT2D eigenvalue weighted by atomic mass is 9.94. The first-order valence-corrected chi connectivity index (χ1v) is 10.3. The van der Waals surface area contributed by atoms with E-state index in [9.17, 15) is 5.11 Å². The molecule has 0 saturated carbocycles. The van der Waals surface area contributed by atoms with Crippen molar-refractivity contribution in [3.63, 3.8) is 0 Å². The normalized spacial score (nSPS) is 27.0. The third-order valence-corrected chi connectivity index (χ3v) is 4.82. The van der Waals surface area contributed by atoms with Gasteiger partial charge in [-0.15, -0.1) is 0 Å². The summed E-state index contributed by atoms with van der Waals surface area (Å²) in [5, 5.41) is 10.6. The Bertz CT molecular complexity index is 285. The van der Waals surface area contributed by atoms with Crippen molar-refractivity contribution in [2.24, 2.45) is 5.92 Å². The first-order valence-electron chi connectivity index (χ1n) is 10.3. The fourth-order valence-corrected chi connectivity index (χ4v) is 3.23. The lowest BCUT2D eigenvalue weighted by Crippen LogP contribution is -2.31. The predicted octanol–water partition coefficient (Wildman–Crippen LogP) is 4.68. The Morgan fingerprint density at radius 1 is 0.833 bits per heavy atom. The van der Waals surface area contributed by atoms with E-state index in [0.29, 0.717) is 6.61 Å². The molecular weight excluding hydrogens is 304 g/mol. The van der Waals surface area contributed by atoms with Crippen LogP contribution >= 0.6 is 0 Å². The van der Waals surface area contributed by atoms with Crippen molar-refractivity contribution in [3.05, 3.63) is 0 Å². The van der Waals surface area contributed by atoms with Crippen LogP contribution in [-0.4, -0.2) is 43.4 Å². The van der Waals surface area contributed by atoms with Crippen molar-refractivity contribution >= 4 is 0 Å². The van der Waals surface area contributed by atoms with E-state index in [1.54, 1.807) is 0 Å². The van der Waals surface area contributed by atoms with Crippen molar-refractivity contribution in [3.8, 4) is 0 Å². The number of aliphatic hydroxyl groups excluding tert-OH is 1. The van der Waals surface area contributed by atoms with Crippen LogP contribution < -0.4 is 0 Å². The maximum absolute atomic E-state index is 10.6. The van der Waals surface area contributed by atoms with Gasteiger partial charge in [0.25, 0.3) is 0 Å². The molecular formula is C20H40O4. The lowest BCUT2D eigenvalue weighted by molar-refractivity contribution is -0.160. The molecule has 4 atom stereocenters. The van der Waals surface area contributed by atoms with Crippen LogP contribution in [0.15, 0.2) is 0 Å². The largest absolute Gasteiger partial charge is 0.390 e. The zero-order valence-electron chi connectivity index (χ0n) is 16.2. The van der Waals surface area contributed by atoms with Crippen molar-refractivity contribution in [1.82, 2.24) is 0 Å². The zero-order chi connectivity index (χ0) is 17.6. The summed E-state index contributed by atoms with van der Waals surface area (Å²) in [5.74, 6) is 0.0856. The SMILES string of the molecule is CCCCCOC[C@H]1O[C@H](OCCCCC)[C@@H](CCCCC)[C@@H]1O. The first-order chi connectivity index (χ1) is 11.7. The molecule has 1 aliphatic rings. The van der Waals surface area contributed by atoms with Gasteiger partial charge in [-0.3, -0.25) is 0 Å². The van der Waals surface area contributed by atoms with E-state index in [-0.39, 0.29) is 18.3 Å². The predicted molar refractivity (Wildman–Crippen MR) is 98.1 cm³/mol. The van der Waals surface area contributed by atoms with E-state index in [2.05, 4.69) is 20.8 Å². The zero-order valence-corrected chi connectivity index (χ0v) is 16.2. The molecule has 0 aromatic carbocycles. The molecule has 1 saturated heterocycles. The fraction of sp³-hybridized carbons (Fsp3) is 1.00. The highest BCUT2D eigenvalue weighted by Crippen LogP contribution is 2.32. The Morgan fingerprint density at radius 3 is 2.12 bits per heavy atom. The third-order valence-electron chi connectivity index (χ3n) is 4.82. The molecule has 0 unspecified atom stereocenters. The van der Waals surface area contributed by atoms with Gasteiger partial charge in [0, 0.05) is 19.1 Å². The highest BCUT2D eigenvalue weighted by molar-refractivity contribution is 4.86. The fourth-order valence-electron chi connectivity index (χ4n) is 3.23. The topological polar surface area (TPSA) is 47.9 Å². The second-order valence-electron chi connectivity index (χ2n) is 7.05. The molecule has 0 spiro atoms. The highest BCUT2D eigenvalue weighted by Gasteiger charge is 2.43. The van der Waals surface area contributed by atoms with E-state index >= 15 is 0 Å². The van der Waals surface area contributed by atoms with Gasteiger partial charge in [-0.2, -0.15) is 0 Å². The number of hydrogen-bond donors (Lipinski definition) is 1. The molecule has 1 aliphatic heterocycles. The van der Waals surface area contributed by atoms with Gasteiger partial charge < -0.3 is 19.3 Å². The minimum atomic E-state index is -0.468. The maximum Gasteiger partial charge on any atom is 0.163 e. The second-order valence-corrected chi connectivity index (χ2v) is 7.05. The Labute approximate surface area is 149 Å². The Morgan fingerprint density at radius 2 is 1.46 bits per heavy atom. The van der Waals surface area contributed by atoms with Crippen LogP contribution in [0.3, 0.4) is 0 Å². The van der Waals surface area contributed by atoms with E-state index in [0.717, 1.165) is 38.9 Å². The van der Waals surface area contributed by atoms with E-state index in [4.69, 9.17) is 14.2 Å². The summed E-state index contributed by atoms with van der Waals surface area (Å²) in [5.41, 5.74) is 0. The van der Waals surface area contributed by atoms with Crippen molar-refractivity contribution in [2.45, 2.75) is 103 Å². The van der Waals surface area contributed by atoms with Crippen LogP contribution in [0.2, 0.25) is 0 Å². The summed E-state index contributed by atoms with van der Waals surface area (Å²) in [6.45, 7) is 8.53. The van der Waals surface area contributed by atoms with Gasteiger partial charge in [0.2, 0.25) is 0 Å². The molecule has 0 bridgehead atoms. The van der Waals surface area contributed by atoms with Crippen molar-refractivity contribution in [1.29, 1.82) is 0 Å². The average Bonchev–Trinajstić information content (AvgIpc) is 2.88. The summed E-state index contributed by atoms with van der Waals surface area (Å²) in [6, 6.07) is 0. The van der Waals surface area contributed by atoms with Crippen LogP contribution in [0.4, 0.5) is 0 Å². The van der Waals surface area contributed by atoms with Gasteiger partial charge in [-0.1, -0.05) is 65.7 Å². The van der Waals surface area contributed by atoms with E-state index in [1.165, 1.54) is 38.5 Å². The Kier molecular flexibility index (Phi) is 12.8. The number of rotatable bonds is 15. The Balaban J connectivity index is 2.40. The Hall–Kier alpha value is -0.160. The number of hydrogen-bond acceptors (Lipinski definition) is 4. The van der Waals surface area contributed by atoms with Crippen LogP contribution in [0.25, 0.3) is 0 Å². The van der Waals surface area contributed by atoms with Gasteiger partial charge in [-0.25, -0.2) is 0 Å². The molecule has 0 aromatic rings. The summed E-state index contributed by atoms with van der Waals surface area (Å²) in [4.78, 5) is 0. The van der Waals surface area contributed by atoms with Crippen LogP contribution in [0.1, 0.15) is 85.0 Å². The van der Waals surface area contributed by atoms with Gasteiger partial charge in [0.15, 0.2) is 6.29 Å². The molecule has 0 aromatic heterocycles. The standard InChI is InChI=1S/C20H40O4/c1-4-7-10-13-17-19(21)18(16-22-14-11-8-5-2)24-20(17)23-15-12-9-6-3/h17-21H,4-16H2,1-3H3/t17-,18+,19-,20-/m0/s1. The maximum atomic E-state index is 10.6. The van der Waals surface area contributed by atoms with E-state index in [1.807, 2.05) is 0 Å². The van der Waals surface area contributed by atoms with Crippen LogP contribution in [0, 0.1) is 5.92 Å². The minimum absolute atomic E-state index is 0.0856. The molecule has 0 radical (unpaired) electrons. The summed E-state index contributed by atoms with van der Waals surface area (Å²) in [6.07, 6.45) is 10.4.